The van der Waals surface area contributed by atoms with E-state index in [1.807, 2.05) is 6.07 Å². The first-order chi connectivity index (χ1) is 9.95. The second kappa shape index (κ2) is 5.13. The molecule has 7 heteroatoms. The van der Waals surface area contributed by atoms with Crippen molar-refractivity contribution < 1.29 is 9.34 Å². The third-order valence-electron chi connectivity index (χ3n) is 3.03. The zero-order valence-electron chi connectivity index (χ0n) is 10.8. The van der Waals surface area contributed by atoms with E-state index in [2.05, 4.69) is 20.9 Å². The van der Waals surface area contributed by atoms with Gasteiger partial charge in [-0.3, -0.25) is 10.1 Å². The molecule has 1 heterocycles. The standard InChI is InChI=1S/C14H8BrClN2O3/c1-7-4-9(18(19)20)6-12-13(7)21-14(17-12)10-3-2-8(15)5-11(10)16/h2-6H,1H3. The second-order valence-corrected chi connectivity index (χ2v) is 5.83. The van der Waals surface area contributed by atoms with Gasteiger partial charge in [-0.05, 0) is 25.1 Å². The average molecular weight is 368 g/mol. The highest BCUT2D eigenvalue weighted by molar-refractivity contribution is 9.10. The largest absolute Gasteiger partial charge is 0.436 e. The van der Waals surface area contributed by atoms with Crippen LogP contribution in [0.25, 0.3) is 22.6 Å². The molecule has 0 unspecified atom stereocenters. The first-order valence-corrected chi connectivity index (χ1v) is 7.14. The summed E-state index contributed by atoms with van der Waals surface area (Å²) in [5.74, 6) is 0.339. The fraction of sp³-hybridized carbons (Fsp3) is 0.0714. The number of hydrogen-bond acceptors (Lipinski definition) is 4. The molecule has 1 aromatic heterocycles. The minimum absolute atomic E-state index is 0.0123. The number of nitro benzene ring substituents is 1. The molecule has 3 aromatic rings. The summed E-state index contributed by atoms with van der Waals surface area (Å²) < 4.78 is 6.55. The third-order valence-corrected chi connectivity index (χ3v) is 3.84. The van der Waals surface area contributed by atoms with E-state index in [1.54, 1.807) is 19.1 Å². The lowest BCUT2D eigenvalue weighted by atomic mass is 10.2. The van der Waals surface area contributed by atoms with Gasteiger partial charge in [0.05, 0.1) is 15.5 Å². The van der Waals surface area contributed by atoms with Crippen molar-refractivity contribution in [3.8, 4) is 11.5 Å². The van der Waals surface area contributed by atoms with Gasteiger partial charge in [-0.1, -0.05) is 27.5 Å². The Kier molecular flexibility index (Phi) is 3.43. The van der Waals surface area contributed by atoms with Crippen molar-refractivity contribution in [2.45, 2.75) is 6.92 Å². The number of halogens is 2. The van der Waals surface area contributed by atoms with Gasteiger partial charge < -0.3 is 4.42 Å². The van der Waals surface area contributed by atoms with E-state index in [4.69, 9.17) is 16.0 Å². The Labute approximate surface area is 132 Å². The SMILES string of the molecule is Cc1cc([N+](=O)[O-])cc2nc(-c3ccc(Br)cc3Cl)oc12. The number of fused-ring (bicyclic) bond motifs is 1. The van der Waals surface area contributed by atoms with Gasteiger partial charge in [0.25, 0.3) is 5.69 Å². The summed E-state index contributed by atoms with van der Waals surface area (Å²) >= 11 is 9.51. The zero-order chi connectivity index (χ0) is 15.1. The topological polar surface area (TPSA) is 69.2 Å². The molecule has 0 fully saturated rings. The molecule has 0 aliphatic rings. The molecule has 2 aromatic carbocycles. The maximum Gasteiger partial charge on any atom is 0.272 e. The maximum absolute atomic E-state index is 10.9. The Morgan fingerprint density at radius 2 is 2.10 bits per heavy atom. The fourth-order valence-electron chi connectivity index (χ4n) is 2.06. The van der Waals surface area contributed by atoms with Crippen molar-refractivity contribution >= 4 is 44.3 Å². The molecule has 106 valence electrons. The number of aryl methyl sites for hydroxylation is 1. The van der Waals surface area contributed by atoms with E-state index in [1.165, 1.54) is 12.1 Å². The molecule has 0 radical (unpaired) electrons. The van der Waals surface area contributed by atoms with Crippen molar-refractivity contribution in [2.24, 2.45) is 0 Å². The van der Waals surface area contributed by atoms with E-state index in [9.17, 15) is 10.1 Å². The van der Waals surface area contributed by atoms with Crippen LogP contribution in [0.3, 0.4) is 0 Å². The number of oxazole rings is 1. The number of aromatic nitrogens is 1. The predicted molar refractivity (Wildman–Crippen MR) is 83.5 cm³/mol. The molecular weight excluding hydrogens is 360 g/mol. The second-order valence-electron chi connectivity index (χ2n) is 4.51. The highest BCUT2D eigenvalue weighted by atomic mass is 79.9. The molecular formula is C14H8BrClN2O3. The molecule has 3 rings (SSSR count). The van der Waals surface area contributed by atoms with Crippen LogP contribution in [0.5, 0.6) is 0 Å². The minimum Gasteiger partial charge on any atom is -0.436 e. The Hall–Kier alpha value is -1.92. The predicted octanol–water partition coefficient (Wildman–Crippen LogP) is 5.13. The van der Waals surface area contributed by atoms with E-state index in [0.29, 0.717) is 33.1 Å². The van der Waals surface area contributed by atoms with Crippen LogP contribution in [0.15, 0.2) is 39.2 Å². The third kappa shape index (κ3) is 2.52. The molecule has 0 atom stereocenters. The Morgan fingerprint density at radius 3 is 2.76 bits per heavy atom. The molecule has 0 bridgehead atoms. The normalized spacial score (nSPS) is 11.0. The quantitative estimate of drug-likeness (QED) is 0.465. The summed E-state index contributed by atoms with van der Waals surface area (Å²) in [6, 6.07) is 8.19. The van der Waals surface area contributed by atoms with Crippen LogP contribution in [-0.2, 0) is 0 Å². The van der Waals surface area contributed by atoms with Gasteiger partial charge in [0.15, 0.2) is 5.58 Å². The lowest BCUT2D eigenvalue weighted by Gasteiger charge is -1.99. The van der Waals surface area contributed by atoms with Gasteiger partial charge in [-0.15, -0.1) is 0 Å². The summed E-state index contributed by atoms with van der Waals surface area (Å²) in [6.45, 7) is 1.74. The van der Waals surface area contributed by atoms with E-state index >= 15 is 0 Å². The van der Waals surface area contributed by atoms with Crippen molar-refractivity contribution in [3.05, 3.63) is 55.5 Å². The number of nitro groups is 1. The Balaban J connectivity index is 2.21. The highest BCUT2D eigenvalue weighted by Crippen LogP contribution is 2.34. The van der Waals surface area contributed by atoms with Gasteiger partial charge in [0, 0.05) is 22.2 Å². The van der Waals surface area contributed by atoms with E-state index in [-0.39, 0.29) is 5.69 Å². The molecule has 0 aliphatic heterocycles. The van der Waals surface area contributed by atoms with Crippen molar-refractivity contribution in [2.75, 3.05) is 0 Å². The highest BCUT2D eigenvalue weighted by Gasteiger charge is 2.17. The van der Waals surface area contributed by atoms with Crippen molar-refractivity contribution in [1.82, 2.24) is 4.98 Å². The van der Waals surface area contributed by atoms with Gasteiger partial charge >= 0.3 is 0 Å². The summed E-state index contributed by atoms with van der Waals surface area (Å²) in [5.41, 5.74) is 2.25. The zero-order valence-corrected chi connectivity index (χ0v) is 13.1. The number of hydrogen-bond donors (Lipinski definition) is 0. The first-order valence-electron chi connectivity index (χ1n) is 5.96. The van der Waals surface area contributed by atoms with E-state index in [0.717, 1.165) is 4.47 Å². The van der Waals surface area contributed by atoms with Crippen LogP contribution in [0, 0.1) is 17.0 Å². The molecule has 0 aliphatic carbocycles. The maximum atomic E-state index is 10.9. The molecule has 0 amide bonds. The first kappa shape index (κ1) is 14.0. The molecule has 5 nitrogen and oxygen atoms in total. The molecule has 0 spiro atoms. The van der Waals surface area contributed by atoms with Crippen molar-refractivity contribution in [1.29, 1.82) is 0 Å². The molecule has 0 N–H and O–H groups in total. The fourth-order valence-corrected chi connectivity index (χ4v) is 2.82. The van der Waals surface area contributed by atoms with Gasteiger partial charge in [0.2, 0.25) is 5.89 Å². The van der Waals surface area contributed by atoms with E-state index < -0.39 is 4.92 Å². The Morgan fingerprint density at radius 1 is 1.33 bits per heavy atom. The van der Waals surface area contributed by atoms with Crippen LogP contribution >= 0.6 is 27.5 Å². The lowest BCUT2D eigenvalue weighted by molar-refractivity contribution is -0.384. The number of rotatable bonds is 2. The molecule has 0 saturated carbocycles. The summed E-state index contributed by atoms with van der Waals surface area (Å²) in [6.07, 6.45) is 0. The Bertz CT molecular complexity index is 876. The van der Waals surface area contributed by atoms with Crippen LogP contribution in [0.2, 0.25) is 5.02 Å². The molecule has 21 heavy (non-hydrogen) atoms. The van der Waals surface area contributed by atoms with Crippen LogP contribution in [-0.4, -0.2) is 9.91 Å². The van der Waals surface area contributed by atoms with Crippen LogP contribution in [0.4, 0.5) is 5.69 Å². The van der Waals surface area contributed by atoms with Gasteiger partial charge in [-0.2, -0.15) is 0 Å². The smallest absolute Gasteiger partial charge is 0.272 e. The summed E-state index contributed by atoms with van der Waals surface area (Å²) in [4.78, 5) is 14.7. The minimum atomic E-state index is -0.451. The number of benzene rings is 2. The summed E-state index contributed by atoms with van der Waals surface area (Å²) in [5, 5.41) is 11.4. The monoisotopic (exact) mass is 366 g/mol. The number of nitrogens with zero attached hydrogens (tertiary/aromatic N) is 2. The van der Waals surface area contributed by atoms with Crippen LogP contribution < -0.4 is 0 Å². The van der Waals surface area contributed by atoms with Gasteiger partial charge in [-0.25, -0.2) is 4.98 Å². The van der Waals surface area contributed by atoms with Gasteiger partial charge in [0.1, 0.15) is 5.52 Å². The average Bonchev–Trinajstić information content (AvgIpc) is 2.82. The molecule has 0 saturated heterocycles. The van der Waals surface area contributed by atoms with Crippen molar-refractivity contribution in [3.63, 3.8) is 0 Å². The number of non-ortho nitro benzene ring substituents is 1. The summed E-state index contributed by atoms with van der Waals surface area (Å²) in [7, 11) is 0. The lowest BCUT2D eigenvalue weighted by Crippen LogP contribution is -1.88. The van der Waals surface area contributed by atoms with Crippen LogP contribution in [0.1, 0.15) is 5.56 Å².